The molecule has 1 unspecified atom stereocenters. The summed E-state index contributed by atoms with van der Waals surface area (Å²) in [7, 11) is 0. The lowest BCUT2D eigenvalue weighted by Crippen LogP contribution is -2.28. The average molecular weight is 334 g/mol. The molecule has 0 aliphatic carbocycles. The Hall–Kier alpha value is -1.88. The molecule has 0 aliphatic heterocycles. The maximum absolute atomic E-state index is 12.0. The molecule has 20 heavy (non-hydrogen) atoms. The first-order valence-corrected chi connectivity index (χ1v) is 7.09. The van der Waals surface area contributed by atoms with Crippen molar-refractivity contribution in [1.29, 1.82) is 0 Å². The molecule has 0 spiro atoms. The number of carbonyl (C=O) groups excluding carboxylic acids is 1. The first-order valence-electron chi connectivity index (χ1n) is 6.30. The number of carbonyl (C=O) groups is 1. The molecule has 1 atom stereocenters. The molecule has 0 fully saturated rings. The smallest absolute Gasteiger partial charge is 0.226 e. The van der Waals surface area contributed by atoms with Crippen LogP contribution in [0.1, 0.15) is 24.2 Å². The Morgan fingerprint density at radius 2 is 2.20 bits per heavy atom. The fourth-order valence-corrected chi connectivity index (χ4v) is 2.27. The second kappa shape index (κ2) is 6.52. The quantitative estimate of drug-likeness (QED) is 0.903. The van der Waals surface area contributed by atoms with Gasteiger partial charge in [0.1, 0.15) is 0 Å². The van der Waals surface area contributed by atoms with Crippen molar-refractivity contribution in [3.8, 4) is 0 Å². The molecule has 5 heteroatoms. The molecular weight excluding hydrogens is 318 g/mol. The summed E-state index contributed by atoms with van der Waals surface area (Å²) in [6.07, 6.45) is 1.80. The van der Waals surface area contributed by atoms with E-state index in [9.17, 15) is 4.79 Å². The third-order valence-corrected chi connectivity index (χ3v) is 3.41. The average Bonchev–Trinajstić information content (AvgIpc) is 2.41. The van der Waals surface area contributed by atoms with Crippen molar-refractivity contribution in [1.82, 2.24) is 10.3 Å². The van der Waals surface area contributed by atoms with Crippen LogP contribution in [-0.2, 0) is 11.2 Å². The number of nitrogens with zero attached hydrogens (tertiary/aromatic N) is 1. The Balaban J connectivity index is 1.95. The van der Waals surface area contributed by atoms with Gasteiger partial charge in [-0.15, -0.1) is 0 Å². The Morgan fingerprint density at radius 1 is 1.40 bits per heavy atom. The van der Waals surface area contributed by atoms with Gasteiger partial charge in [-0.05, 0) is 36.8 Å². The van der Waals surface area contributed by atoms with Gasteiger partial charge in [-0.1, -0.05) is 28.1 Å². The summed E-state index contributed by atoms with van der Waals surface area (Å²) >= 11 is 3.42. The molecule has 2 aromatic rings. The molecular formula is C15H16BrN3O. The van der Waals surface area contributed by atoms with Crippen molar-refractivity contribution in [3.63, 3.8) is 0 Å². The molecule has 1 heterocycles. The van der Waals surface area contributed by atoms with E-state index in [0.29, 0.717) is 11.4 Å². The van der Waals surface area contributed by atoms with Gasteiger partial charge in [0, 0.05) is 10.2 Å². The van der Waals surface area contributed by atoms with Gasteiger partial charge in [0.05, 0.1) is 24.3 Å². The van der Waals surface area contributed by atoms with E-state index in [1.807, 2.05) is 31.2 Å². The highest BCUT2D eigenvalue weighted by molar-refractivity contribution is 9.10. The van der Waals surface area contributed by atoms with Gasteiger partial charge in [0.25, 0.3) is 0 Å². The van der Waals surface area contributed by atoms with Crippen LogP contribution in [0.5, 0.6) is 0 Å². The number of nitrogens with two attached hydrogens (primary N) is 1. The van der Waals surface area contributed by atoms with Gasteiger partial charge < -0.3 is 11.1 Å². The molecule has 2 rings (SSSR count). The van der Waals surface area contributed by atoms with E-state index >= 15 is 0 Å². The summed E-state index contributed by atoms with van der Waals surface area (Å²) in [4.78, 5) is 16.1. The number of pyridine rings is 1. The Labute approximate surface area is 126 Å². The minimum Gasteiger partial charge on any atom is -0.397 e. The molecule has 1 aromatic heterocycles. The zero-order valence-corrected chi connectivity index (χ0v) is 12.7. The van der Waals surface area contributed by atoms with Gasteiger partial charge in [0.2, 0.25) is 5.91 Å². The molecule has 1 aromatic carbocycles. The van der Waals surface area contributed by atoms with Crippen molar-refractivity contribution in [2.24, 2.45) is 0 Å². The maximum atomic E-state index is 12.0. The molecule has 0 saturated carbocycles. The molecule has 3 N–H and O–H groups in total. The lowest BCUT2D eigenvalue weighted by molar-refractivity contribution is -0.121. The van der Waals surface area contributed by atoms with Crippen LogP contribution in [0, 0.1) is 0 Å². The Morgan fingerprint density at radius 3 is 2.85 bits per heavy atom. The number of halogens is 1. The van der Waals surface area contributed by atoms with Crippen molar-refractivity contribution >= 4 is 27.5 Å². The number of nitrogen functional groups attached to an aromatic ring is 1. The Kier molecular flexibility index (Phi) is 4.74. The van der Waals surface area contributed by atoms with E-state index in [1.54, 1.807) is 18.3 Å². The van der Waals surface area contributed by atoms with E-state index in [4.69, 9.17) is 5.73 Å². The number of nitrogens with one attached hydrogen (secondary N) is 1. The molecule has 0 bridgehead atoms. The molecule has 1 amide bonds. The normalized spacial score (nSPS) is 11.9. The number of rotatable bonds is 4. The standard InChI is InChI=1S/C15H16BrN3O/c1-10(11-3-2-4-12(16)7-11)19-15(20)8-14-6-5-13(17)9-18-14/h2-7,9-10H,8,17H2,1H3,(H,19,20). The van der Waals surface area contributed by atoms with Crippen molar-refractivity contribution in [3.05, 3.63) is 58.3 Å². The van der Waals surface area contributed by atoms with E-state index in [0.717, 1.165) is 10.0 Å². The predicted octanol–water partition coefficient (Wildman–Crippen LogP) is 2.85. The van der Waals surface area contributed by atoms with Gasteiger partial charge >= 0.3 is 0 Å². The van der Waals surface area contributed by atoms with Crippen LogP contribution in [0.15, 0.2) is 47.1 Å². The first kappa shape index (κ1) is 14.5. The summed E-state index contributed by atoms with van der Waals surface area (Å²) in [5.74, 6) is -0.0604. The van der Waals surface area contributed by atoms with Crippen LogP contribution in [0.25, 0.3) is 0 Å². The number of anilines is 1. The fourth-order valence-electron chi connectivity index (χ4n) is 1.86. The number of amides is 1. The van der Waals surface area contributed by atoms with Crippen LogP contribution in [0.3, 0.4) is 0 Å². The molecule has 0 saturated heterocycles. The second-order valence-electron chi connectivity index (χ2n) is 4.60. The molecule has 104 valence electrons. The lowest BCUT2D eigenvalue weighted by atomic mass is 10.1. The number of benzene rings is 1. The van der Waals surface area contributed by atoms with E-state index in [2.05, 4.69) is 26.2 Å². The van der Waals surface area contributed by atoms with Crippen molar-refractivity contribution in [2.45, 2.75) is 19.4 Å². The third kappa shape index (κ3) is 4.06. The molecule has 0 radical (unpaired) electrons. The highest BCUT2D eigenvalue weighted by atomic mass is 79.9. The molecule has 0 aliphatic rings. The third-order valence-electron chi connectivity index (χ3n) is 2.92. The SMILES string of the molecule is CC(NC(=O)Cc1ccc(N)cn1)c1cccc(Br)c1. The van der Waals surface area contributed by atoms with Gasteiger partial charge in [0.15, 0.2) is 0 Å². The summed E-state index contributed by atoms with van der Waals surface area (Å²) in [6, 6.07) is 11.3. The number of hydrogen-bond donors (Lipinski definition) is 2. The number of hydrogen-bond acceptors (Lipinski definition) is 3. The van der Waals surface area contributed by atoms with Gasteiger partial charge in [-0.3, -0.25) is 9.78 Å². The highest BCUT2D eigenvalue weighted by Gasteiger charge is 2.10. The largest absolute Gasteiger partial charge is 0.397 e. The van der Waals surface area contributed by atoms with Gasteiger partial charge in [-0.25, -0.2) is 0 Å². The summed E-state index contributed by atoms with van der Waals surface area (Å²) in [5.41, 5.74) is 7.92. The van der Waals surface area contributed by atoms with E-state index in [-0.39, 0.29) is 18.4 Å². The topological polar surface area (TPSA) is 68.0 Å². The van der Waals surface area contributed by atoms with Crippen LogP contribution >= 0.6 is 15.9 Å². The summed E-state index contributed by atoms with van der Waals surface area (Å²) in [5, 5.41) is 2.96. The monoisotopic (exact) mass is 333 g/mol. The zero-order valence-electron chi connectivity index (χ0n) is 11.1. The Bertz CT molecular complexity index is 598. The second-order valence-corrected chi connectivity index (χ2v) is 5.52. The first-order chi connectivity index (χ1) is 9.54. The van der Waals surface area contributed by atoms with Crippen LogP contribution in [0.2, 0.25) is 0 Å². The van der Waals surface area contributed by atoms with Gasteiger partial charge in [-0.2, -0.15) is 0 Å². The zero-order chi connectivity index (χ0) is 14.5. The lowest BCUT2D eigenvalue weighted by Gasteiger charge is -2.14. The van der Waals surface area contributed by atoms with Crippen molar-refractivity contribution in [2.75, 3.05) is 5.73 Å². The summed E-state index contributed by atoms with van der Waals surface area (Å²) < 4.78 is 0.997. The maximum Gasteiger partial charge on any atom is 0.226 e. The molecule has 4 nitrogen and oxygen atoms in total. The minimum atomic E-state index is -0.0604. The van der Waals surface area contributed by atoms with Crippen LogP contribution < -0.4 is 11.1 Å². The minimum absolute atomic E-state index is 0.0474. The van der Waals surface area contributed by atoms with Crippen LogP contribution in [0.4, 0.5) is 5.69 Å². The highest BCUT2D eigenvalue weighted by Crippen LogP contribution is 2.17. The van der Waals surface area contributed by atoms with E-state index < -0.39 is 0 Å². The van der Waals surface area contributed by atoms with E-state index in [1.165, 1.54) is 0 Å². The number of aromatic nitrogens is 1. The summed E-state index contributed by atoms with van der Waals surface area (Å²) in [6.45, 7) is 1.95. The predicted molar refractivity (Wildman–Crippen MR) is 83.1 cm³/mol. The fraction of sp³-hybridized carbons (Fsp3) is 0.200. The van der Waals surface area contributed by atoms with Crippen molar-refractivity contribution < 1.29 is 4.79 Å². The van der Waals surface area contributed by atoms with Crippen LogP contribution in [-0.4, -0.2) is 10.9 Å².